The zero-order valence-corrected chi connectivity index (χ0v) is 13.7. The van der Waals surface area contributed by atoms with Crippen LogP contribution in [0.3, 0.4) is 0 Å². The first-order valence-electron chi connectivity index (χ1n) is 7.33. The van der Waals surface area contributed by atoms with Gasteiger partial charge in [-0.25, -0.2) is 0 Å². The fourth-order valence-electron chi connectivity index (χ4n) is 2.25. The van der Waals surface area contributed by atoms with Crippen molar-refractivity contribution in [1.82, 2.24) is 5.32 Å². The van der Waals surface area contributed by atoms with Crippen molar-refractivity contribution < 1.29 is 18.9 Å². The highest BCUT2D eigenvalue weighted by molar-refractivity contribution is 5.56. The van der Waals surface area contributed by atoms with Gasteiger partial charge in [0.15, 0.2) is 11.5 Å². The molecule has 0 radical (unpaired) electrons. The van der Waals surface area contributed by atoms with Gasteiger partial charge in [0.2, 0.25) is 5.75 Å². The summed E-state index contributed by atoms with van der Waals surface area (Å²) in [5.74, 6) is 1.95. The topological polar surface area (TPSA) is 49.0 Å². The van der Waals surface area contributed by atoms with Gasteiger partial charge >= 0.3 is 0 Å². The SMILES string of the molecule is CCCOCC(NCC)c1ccc(OC)c(OC)c1OC. The van der Waals surface area contributed by atoms with Gasteiger partial charge in [-0.05, 0) is 25.1 Å². The third-order valence-corrected chi connectivity index (χ3v) is 3.19. The van der Waals surface area contributed by atoms with E-state index in [0.717, 1.165) is 25.1 Å². The van der Waals surface area contributed by atoms with Crippen LogP contribution in [0.5, 0.6) is 17.2 Å². The first kappa shape index (κ1) is 17.6. The maximum Gasteiger partial charge on any atom is 0.203 e. The molecule has 0 heterocycles. The van der Waals surface area contributed by atoms with Crippen LogP contribution in [-0.2, 0) is 4.74 Å². The lowest BCUT2D eigenvalue weighted by Gasteiger charge is -2.23. The number of likely N-dealkylation sites (N-methyl/N-ethyl adjacent to an activating group) is 1. The maximum absolute atomic E-state index is 5.69. The average molecular weight is 297 g/mol. The van der Waals surface area contributed by atoms with Gasteiger partial charge in [-0.1, -0.05) is 13.8 Å². The lowest BCUT2D eigenvalue weighted by Crippen LogP contribution is -2.26. The first-order valence-corrected chi connectivity index (χ1v) is 7.33. The molecule has 0 bridgehead atoms. The van der Waals surface area contributed by atoms with E-state index in [2.05, 4.69) is 19.2 Å². The molecule has 5 heteroatoms. The van der Waals surface area contributed by atoms with Crippen molar-refractivity contribution in [3.8, 4) is 17.2 Å². The Balaban J connectivity index is 3.11. The monoisotopic (exact) mass is 297 g/mol. The maximum atomic E-state index is 5.69. The summed E-state index contributed by atoms with van der Waals surface area (Å²) in [4.78, 5) is 0. The number of ether oxygens (including phenoxy) is 4. The zero-order chi connectivity index (χ0) is 15.7. The summed E-state index contributed by atoms with van der Waals surface area (Å²) in [7, 11) is 4.86. The van der Waals surface area contributed by atoms with Crippen LogP contribution >= 0.6 is 0 Å². The van der Waals surface area contributed by atoms with E-state index in [4.69, 9.17) is 18.9 Å². The molecular weight excluding hydrogens is 270 g/mol. The molecule has 1 aromatic rings. The number of benzene rings is 1. The highest BCUT2D eigenvalue weighted by Crippen LogP contribution is 2.42. The van der Waals surface area contributed by atoms with E-state index in [1.54, 1.807) is 21.3 Å². The average Bonchev–Trinajstić information content (AvgIpc) is 2.52. The second kappa shape index (κ2) is 9.47. The second-order valence-corrected chi connectivity index (χ2v) is 4.61. The molecule has 0 saturated heterocycles. The van der Waals surface area contributed by atoms with Gasteiger partial charge in [0.25, 0.3) is 0 Å². The Morgan fingerprint density at radius 2 is 1.71 bits per heavy atom. The number of rotatable bonds is 10. The standard InChI is InChI=1S/C16H27NO4/c1-6-10-21-11-13(17-7-2)12-8-9-14(18-3)16(20-5)15(12)19-4/h8-9,13,17H,6-7,10-11H2,1-5H3. The van der Waals surface area contributed by atoms with E-state index < -0.39 is 0 Å². The number of nitrogens with one attached hydrogen (secondary N) is 1. The predicted molar refractivity (Wildman–Crippen MR) is 83.6 cm³/mol. The number of hydrogen-bond donors (Lipinski definition) is 1. The Kier molecular flexibility index (Phi) is 7.93. The smallest absolute Gasteiger partial charge is 0.203 e. The summed E-state index contributed by atoms with van der Waals surface area (Å²) in [6.45, 7) is 6.35. The molecule has 1 aromatic carbocycles. The largest absolute Gasteiger partial charge is 0.493 e. The fraction of sp³-hybridized carbons (Fsp3) is 0.625. The van der Waals surface area contributed by atoms with Gasteiger partial charge in [0.1, 0.15) is 0 Å². The Hall–Kier alpha value is -1.46. The molecule has 0 saturated carbocycles. The Morgan fingerprint density at radius 1 is 1.00 bits per heavy atom. The van der Waals surface area contributed by atoms with E-state index >= 15 is 0 Å². The third kappa shape index (κ3) is 4.51. The first-order chi connectivity index (χ1) is 10.2. The summed E-state index contributed by atoms with van der Waals surface area (Å²) in [6, 6.07) is 3.93. The Labute approximate surface area is 127 Å². The second-order valence-electron chi connectivity index (χ2n) is 4.61. The van der Waals surface area contributed by atoms with Crippen molar-refractivity contribution in [3.05, 3.63) is 17.7 Å². The quantitative estimate of drug-likeness (QED) is 0.673. The van der Waals surface area contributed by atoms with Gasteiger partial charge in [-0.2, -0.15) is 0 Å². The normalized spacial score (nSPS) is 12.0. The lowest BCUT2D eigenvalue weighted by atomic mass is 10.0. The molecule has 0 aliphatic heterocycles. The highest BCUT2D eigenvalue weighted by atomic mass is 16.5. The van der Waals surface area contributed by atoms with E-state index in [-0.39, 0.29) is 6.04 Å². The molecule has 0 spiro atoms. The number of methoxy groups -OCH3 is 3. The van der Waals surface area contributed by atoms with Crippen molar-refractivity contribution in [2.75, 3.05) is 41.1 Å². The van der Waals surface area contributed by atoms with Crippen molar-refractivity contribution in [2.45, 2.75) is 26.3 Å². The van der Waals surface area contributed by atoms with E-state index in [0.29, 0.717) is 23.9 Å². The summed E-state index contributed by atoms with van der Waals surface area (Å²) in [5, 5.41) is 3.42. The van der Waals surface area contributed by atoms with E-state index in [9.17, 15) is 0 Å². The van der Waals surface area contributed by atoms with Crippen LogP contribution in [0.1, 0.15) is 31.9 Å². The van der Waals surface area contributed by atoms with Gasteiger partial charge in [0, 0.05) is 12.2 Å². The van der Waals surface area contributed by atoms with Crippen molar-refractivity contribution in [1.29, 1.82) is 0 Å². The molecule has 1 atom stereocenters. The van der Waals surface area contributed by atoms with Gasteiger partial charge in [-0.3, -0.25) is 0 Å². The molecule has 120 valence electrons. The van der Waals surface area contributed by atoms with E-state index in [1.807, 2.05) is 12.1 Å². The molecule has 0 aromatic heterocycles. The van der Waals surface area contributed by atoms with Crippen LogP contribution in [0.25, 0.3) is 0 Å². The summed E-state index contributed by atoms with van der Waals surface area (Å²) >= 11 is 0. The third-order valence-electron chi connectivity index (χ3n) is 3.19. The predicted octanol–water partition coefficient (Wildman–Crippen LogP) is 2.79. The van der Waals surface area contributed by atoms with Crippen LogP contribution in [-0.4, -0.2) is 41.1 Å². The molecule has 0 aliphatic rings. The molecule has 1 unspecified atom stereocenters. The molecule has 1 N–H and O–H groups in total. The molecule has 0 amide bonds. The van der Waals surface area contributed by atoms with Crippen molar-refractivity contribution in [3.63, 3.8) is 0 Å². The highest BCUT2D eigenvalue weighted by Gasteiger charge is 2.21. The minimum atomic E-state index is 0.0521. The molecular formula is C16H27NO4. The fourth-order valence-corrected chi connectivity index (χ4v) is 2.25. The molecule has 5 nitrogen and oxygen atoms in total. The Bertz CT molecular complexity index is 423. The zero-order valence-electron chi connectivity index (χ0n) is 13.7. The molecule has 1 rings (SSSR count). The summed E-state index contributed by atoms with van der Waals surface area (Å²) in [6.07, 6.45) is 1.00. The van der Waals surface area contributed by atoms with Crippen LogP contribution in [0.2, 0.25) is 0 Å². The van der Waals surface area contributed by atoms with Gasteiger partial charge in [-0.15, -0.1) is 0 Å². The minimum absolute atomic E-state index is 0.0521. The lowest BCUT2D eigenvalue weighted by molar-refractivity contribution is 0.111. The molecule has 21 heavy (non-hydrogen) atoms. The van der Waals surface area contributed by atoms with Crippen molar-refractivity contribution in [2.24, 2.45) is 0 Å². The Morgan fingerprint density at radius 3 is 2.24 bits per heavy atom. The van der Waals surface area contributed by atoms with Crippen molar-refractivity contribution >= 4 is 0 Å². The van der Waals surface area contributed by atoms with Crippen LogP contribution < -0.4 is 19.5 Å². The van der Waals surface area contributed by atoms with Gasteiger partial charge in [0.05, 0.1) is 34.0 Å². The molecule has 0 aliphatic carbocycles. The number of hydrogen-bond acceptors (Lipinski definition) is 5. The van der Waals surface area contributed by atoms with Crippen LogP contribution in [0.15, 0.2) is 12.1 Å². The minimum Gasteiger partial charge on any atom is -0.493 e. The van der Waals surface area contributed by atoms with Gasteiger partial charge < -0.3 is 24.3 Å². The van der Waals surface area contributed by atoms with Crippen LogP contribution in [0.4, 0.5) is 0 Å². The summed E-state index contributed by atoms with van der Waals surface area (Å²) in [5.41, 5.74) is 1.01. The van der Waals surface area contributed by atoms with Crippen LogP contribution in [0, 0.1) is 0 Å². The summed E-state index contributed by atoms with van der Waals surface area (Å²) < 4.78 is 22.0. The molecule has 0 fully saturated rings. The van der Waals surface area contributed by atoms with E-state index in [1.165, 1.54) is 0 Å².